The van der Waals surface area contributed by atoms with Gasteiger partial charge in [0.2, 0.25) is 0 Å². The van der Waals surface area contributed by atoms with Crippen molar-refractivity contribution in [1.82, 2.24) is 4.90 Å². The third kappa shape index (κ3) is 1.31. The van der Waals surface area contributed by atoms with Crippen molar-refractivity contribution in [2.24, 2.45) is 5.41 Å². The molecular weight excluding hydrogens is 159 g/mol. The van der Waals surface area contributed by atoms with Crippen molar-refractivity contribution in [3.05, 3.63) is 0 Å². The van der Waals surface area contributed by atoms with E-state index in [0.29, 0.717) is 6.61 Å². The fraction of sp³-hybridized carbons (Fsp3) is 0.875. The van der Waals surface area contributed by atoms with Gasteiger partial charge in [0.25, 0.3) is 0 Å². The Morgan fingerprint density at radius 2 is 2.17 bits per heavy atom. The van der Waals surface area contributed by atoms with Crippen molar-refractivity contribution in [2.75, 3.05) is 26.2 Å². The van der Waals surface area contributed by atoms with E-state index in [1.54, 1.807) is 0 Å². The molecule has 1 N–H and O–H groups in total. The minimum Gasteiger partial charge on any atom is -0.456 e. The van der Waals surface area contributed by atoms with Crippen LogP contribution in [0.3, 0.4) is 0 Å². The van der Waals surface area contributed by atoms with E-state index in [1.165, 1.54) is 0 Å². The van der Waals surface area contributed by atoms with Gasteiger partial charge < -0.3 is 9.64 Å². The van der Waals surface area contributed by atoms with Gasteiger partial charge >= 0.3 is 6.15 Å². The second-order valence-electron chi connectivity index (χ2n) is 3.84. The Morgan fingerprint density at radius 3 is 2.58 bits per heavy atom. The molecule has 2 rings (SSSR count). The molecule has 0 aliphatic carbocycles. The molecule has 0 saturated carbocycles. The van der Waals surface area contributed by atoms with Crippen LogP contribution in [-0.2, 0) is 4.74 Å². The molecule has 12 heavy (non-hydrogen) atoms. The molecule has 0 amide bonds. The highest BCUT2D eigenvalue weighted by Gasteiger charge is 2.44. The summed E-state index contributed by atoms with van der Waals surface area (Å²) in [5.41, 5.74) is 0.165. The molecule has 2 aliphatic heterocycles. The number of piperidine rings is 1. The lowest BCUT2D eigenvalue weighted by molar-refractivity contribution is 0.139. The topological polar surface area (TPSA) is 36.3 Å². The van der Waals surface area contributed by atoms with E-state index in [0.717, 1.165) is 32.5 Å². The molecule has 2 fully saturated rings. The normalized spacial score (nSPS) is 38.6. The first-order valence-corrected chi connectivity index (χ1v) is 4.29. The Labute approximate surface area is 71.0 Å². The minimum absolute atomic E-state index is 0.165. The maximum absolute atomic E-state index is 12.0. The molecule has 3 nitrogen and oxygen atoms in total. The van der Waals surface area contributed by atoms with Gasteiger partial charge in [0.05, 0.1) is 6.61 Å². The van der Waals surface area contributed by atoms with Gasteiger partial charge in [0.1, 0.15) is 0 Å². The zero-order chi connectivity index (χ0) is 8.60. The fourth-order valence-corrected chi connectivity index (χ4v) is 2.22. The van der Waals surface area contributed by atoms with Crippen LogP contribution in [0.2, 0.25) is 0 Å². The second-order valence-corrected chi connectivity index (χ2v) is 3.84. The van der Waals surface area contributed by atoms with E-state index in [4.69, 9.17) is 5.41 Å². The first-order chi connectivity index (χ1) is 5.70. The molecule has 0 radical (unpaired) electrons. The van der Waals surface area contributed by atoms with E-state index in [9.17, 15) is 4.39 Å². The predicted octanol–water partition coefficient (Wildman–Crippen LogP) is 1.00. The van der Waals surface area contributed by atoms with Gasteiger partial charge in [-0.05, 0) is 25.9 Å². The van der Waals surface area contributed by atoms with Gasteiger partial charge in [0.15, 0.2) is 0 Å². The Bertz CT molecular complexity index is 199. The zero-order valence-corrected chi connectivity index (χ0v) is 6.98. The van der Waals surface area contributed by atoms with E-state index in [2.05, 4.69) is 9.64 Å². The third-order valence-electron chi connectivity index (χ3n) is 2.98. The van der Waals surface area contributed by atoms with E-state index >= 15 is 0 Å². The highest BCUT2D eigenvalue weighted by Crippen LogP contribution is 2.40. The molecule has 0 atom stereocenters. The summed E-state index contributed by atoms with van der Waals surface area (Å²) in [4.78, 5) is 2.37. The number of nitrogens with zero attached hydrogens (tertiary/aromatic N) is 1. The lowest BCUT2D eigenvalue weighted by Crippen LogP contribution is -2.26. The summed E-state index contributed by atoms with van der Waals surface area (Å²) in [7, 11) is 0. The van der Waals surface area contributed by atoms with E-state index in [1.807, 2.05) is 0 Å². The standard InChI is InChI=1S/C8H13FN2O/c9-7(10)12-6-8-1-3-11(5-8)4-2-8/h10H,1-6H2. The lowest BCUT2D eigenvalue weighted by atomic mass is 9.86. The maximum atomic E-state index is 12.0. The summed E-state index contributed by atoms with van der Waals surface area (Å²) in [6.45, 7) is 3.64. The quantitative estimate of drug-likeness (QED) is 0.498. The molecule has 0 aromatic heterocycles. The Kier molecular flexibility index (Phi) is 1.79. The van der Waals surface area contributed by atoms with Crippen LogP contribution in [0.25, 0.3) is 0 Å². The Balaban J connectivity index is 1.90. The average molecular weight is 172 g/mol. The van der Waals surface area contributed by atoms with E-state index in [-0.39, 0.29) is 5.41 Å². The summed E-state index contributed by atoms with van der Waals surface area (Å²) in [5.74, 6) is 0. The molecule has 0 aromatic carbocycles. The zero-order valence-electron chi connectivity index (χ0n) is 6.98. The van der Waals surface area contributed by atoms with Gasteiger partial charge in [-0.25, -0.2) is 5.41 Å². The number of nitrogens with one attached hydrogen (secondary N) is 1. The van der Waals surface area contributed by atoms with Crippen molar-refractivity contribution < 1.29 is 9.13 Å². The minimum atomic E-state index is -1.14. The smallest absolute Gasteiger partial charge is 0.368 e. The van der Waals surface area contributed by atoms with Gasteiger partial charge in [-0.3, -0.25) is 0 Å². The van der Waals surface area contributed by atoms with Gasteiger partial charge in [-0.2, -0.15) is 0 Å². The van der Waals surface area contributed by atoms with Crippen LogP contribution < -0.4 is 0 Å². The predicted molar refractivity (Wildman–Crippen MR) is 42.9 cm³/mol. The molecule has 2 saturated heterocycles. The van der Waals surface area contributed by atoms with E-state index < -0.39 is 6.15 Å². The lowest BCUT2D eigenvalue weighted by Gasteiger charge is -2.23. The molecular formula is C8H13FN2O. The number of ether oxygens (including phenoxy) is 1. The van der Waals surface area contributed by atoms with Crippen molar-refractivity contribution in [2.45, 2.75) is 12.8 Å². The Hall–Kier alpha value is -0.640. The SMILES string of the molecule is N=C(F)OCC12CCN(CC1)C2. The molecule has 4 heteroatoms. The van der Waals surface area contributed by atoms with Crippen molar-refractivity contribution in [3.63, 3.8) is 0 Å². The molecule has 2 heterocycles. The number of rotatable bonds is 2. The first kappa shape index (κ1) is 7.98. The van der Waals surface area contributed by atoms with Crippen molar-refractivity contribution in [3.8, 4) is 0 Å². The summed E-state index contributed by atoms with van der Waals surface area (Å²) in [6.07, 6.45) is 1.05. The van der Waals surface area contributed by atoms with Crippen LogP contribution in [-0.4, -0.2) is 37.3 Å². The first-order valence-electron chi connectivity index (χ1n) is 4.29. The van der Waals surface area contributed by atoms with Gasteiger partial charge in [-0.15, -0.1) is 4.39 Å². The van der Waals surface area contributed by atoms with Crippen LogP contribution in [0.1, 0.15) is 12.8 Å². The van der Waals surface area contributed by atoms with Crippen molar-refractivity contribution >= 4 is 6.15 Å². The summed E-state index contributed by atoms with van der Waals surface area (Å²) < 4.78 is 16.7. The average Bonchev–Trinajstić information content (AvgIpc) is 2.60. The van der Waals surface area contributed by atoms with Crippen LogP contribution in [0.5, 0.6) is 0 Å². The van der Waals surface area contributed by atoms with Crippen LogP contribution in [0.4, 0.5) is 4.39 Å². The highest BCUT2D eigenvalue weighted by molar-refractivity contribution is 5.60. The van der Waals surface area contributed by atoms with Crippen LogP contribution in [0.15, 0.2) is 0 Å². The molecule has 68 valence electrons. The number of fused-ring (bicyclic) bond motifs is 2. The van der Waals surface area contributed by atoms with Gasteiger partial charge in [0, 0.05) is 12.0 Å². The molecule has 2 aliphatic rings. The maximum Gasteiger partial charge on any atom is 0.368 e. The van der Waals surface area contributed by atoms with Crippen molar-refractivity contribution in [1.29, 1.82) is 5.41 Å². The summed E-state index contributed by atoms with van der Waals surface area (Å²) in [5, 5.41) is 6.53. The van der Waals surface area contributed by atoms with Crippen LogP contribution >= 0.6 is 0 Å². The molecule has 0 spiro atoms. The van der Waals surface area contributed by atoms with Crippen LogP contribution in [0, 0.1) is 10.8 Å². The number of hydrogen-bond acceptors (Lipinski definition) is 3. The van der Waals surface area contributed by atoms with Gasteiger partial charge in [-0.1, -0.05) is 0 Å². The molecule has 0 aromatic rings. The molecule has 0 unspecified atom stereocenters. The number of hydrogen-bond donors (Lipinski definition) is 1. The fourth-order valence-electron chi connectivity index (χ4n) is 2.22. The highest BCUT2D eigenvalue weighted by atomic mass is 19.1. The number of halogens is 1. The molecule has 2 bridgehead atoms. The summed E-state index contributed by atoms with van der Waals surface area (Å²) in [6, 6.07) is 0. The summed E-state index contributed by atoms with van der Waals surface area (Å²) >= 11 is 0. The second kappa shape index (κ2) is 2.69. The third-order valence-corrected chi connectivity index (χ3v) is 2.98. The monoisotopic (exact) mass is 172 g/mol. The largest absolute Gasteiger partial charge is 0.456 e. The Morgan fingerprint density at radius 1 is 1.50 bits per heavy atom.